The zero-order chi connectivity index (χ0) is 17.5. The summed E-state index contributed by atoms with van der Waals surface area (Å²) in [7, 11) is 1.54. The molecule has 1 aromatic carbocycles. The standard InChI is InChI=1S/C16H17N3O4S/c1-19(14(21)7-8-15(22)23)16-18-12(10-24-16)9-13(20)17-11-5-3-2-4-6-11/h2-6,10H,7-9H2,1H3,(H,17,20)(H,22,23). The van der Waals surface area contributed by atoms with Crippen molar-refractivity contribution in [1.82, 2.24) is 4.98 Å². The van der Waals surface area contributed by atoms with Gasteiger partial charge in [-0.1, -0.05) is 18.2 Å². The highest BCUT2D eigenvalue weighted by atomic mass is 32.1. The van der Waals surface area contributed by atoms with Crippen molar-refractivity contribution in [2.24, 2.45) is 0 Å². The largest absolute Gasteiger partial charge is 0.481 e. The number of para-hydroxylation sites is 1. The van der Waals surface area contributed by atoms with Crippen LogP contribution in [-0.4, -0.2) is 34.9 Å². The van der Waals surface area contributed by atoms with E-state index in [2.05, 4.69) is 10.3 Å². The fraction of sp³-hybridized carbons (Fsp3) is 0.250. The van der Waals surface area contributed by atoms with E-state index in [0.29, 0.717) is 16.5 Å². The first kappa shape index (κ1) is 17.6. The van der Waals surface area contributed by atoms with Gasteiger partial charge in [0.1, 0.15) is 0 Å². The van der Waals surface area contributed by atoms with Crippen LogP contribution in [0.2, 0.25) is 0 Å². The van der Waals surface area contributed by atoms with Crippen LogP contribution in [0, 0.1) is 0 Å². The van der Waals surface area contributed by atoms with Crippen LogP contribution in [0.25, 0.3) is 0 Å². The van der Waals surface area contributed by atoms with Crippen molar-refractivity contribution in [3.63, 3.8) is 0 Å². The van der Waals surface area contributed by atoms with Gasteiger partial charge in [0.25, 0.3) is 0 Å². The lowest BCUT2D eigenvalue weighted by Crippen LogP contribution is -2.26. The van der Waals surface area contributed by atoms with Crippen molar-refractivity contribution in [2.75, 3.05) is 17.3 Å². The van der Waals surface area contributed by atoms with Gasteiger partial charge < -0.3 is 10.4 Å². The van der Waals surface area contributed by atoms with Crippen LogP contribution >= 0.6 is 11.3 Å². The van der Waals surface area contributed by atoms with Gasteiger partial charge in [-0.3, -0.25) is 19.3 Å². The van der Waals surface area contributed by atoms with Crippen molar-refractivity contribution in [2.45, 2.75) is 19.3 Å². The highest BCUT2D eigenvalue weighted by molar-refractivity contribution is 7.14. The molecule has 0 aliphatic rings. The Kier molecular flexibility index (Phi) is 6.02. The molecule has 2 aromatic rings. The maximum atomic E-state index is 12.0. The normalized spacial score (nSPS) is 10.2. The number of nitrogens with zero attached hydrogens (tertiary/aromatic N) is 2. The second-order valence-corrected chi connectivity index (χ2v) is 5.90. The molecule has 0 fully saturated rings. The average molecular weight is 347 g/mol. The Morgan fingerprint density at radius 3 is 2.58 bits per heavy atom. The molecule has 0 bridgehead atoms. The second kappa shape index (κ2) is 8.21. The lowest BCUT2D eigenvalue weighted by atomic mass is 10.3. The van der Waals surface area contributed by atoms with E-state index >= 15 is 0 Å². The first-order valence-electron chi connectivity index (χ1n) is 7.23. The minimum atomic E-state index is -1.02. The minimum absolute atomic E-state index is 0.0881. The third kappa shape index (κ3) is 5.17. The predicted molar refractivity (Wildman–Crippen MR) is 91.2 cm³/mol. The van der Waals surface area contributed by atoms with E-state index in [0.717, 1.165) is 0 Å². The molecule has 8 heteroatoms. The highest BCUT2D eigenvalue weighted by Gasteiger charge is 2.16. The number of hydrogen-bond donors (Lipinski definition) is 2. The Morgan fingerprint density at radius 1 is 1.21 bits per heavy atom. The quantitative estimate of drug-likeness (QED) is 0.799. The molecule has 0 unspecified atom stereocenters. The summed E-state index contributed by atoms with van der Waals surface area (Å²) in [5, 5.41) is 13.5. The third-order valence-electron chi connectivity index (χ3n) is 3.15. The number of benzene rings is 1. The van der Waals surface area contributed by atoms with Gasteiger partial charge in [-0.15, -0.1) is 11.3 Å². The maximum absolute atomic E-state index is 12.0. The van der Waals surface area contributed by atoms with Crippen molar-refractivity contribution >= 4 is 39.9 Å². The molecule has 1 aromatic heterocycles. The molecule has 0 radical (unpaired) electrons. The SMILES string of the molecule is CN(C(=O)CCC(=O)O)c1nc(CC(=O)Nc2ccccc2)cs1. The molecule has 1 heterocycles. The second-order valence-electron chi connectivity index (χ2n) is 5.06. The first-order chi connectivity index (χ1) is 11.5. The van der Waals surface area contributed by atoms with Crippen LogP contribution < -0.4 is 10.2 Å². The number of aromatic nitrogens is 1. The van der Waals surface area contributed by atoms with Crippen LogP contribution in [0.3, 0.4) is 0 Å². The molecule has 0 aliphatic heterocycles. The molecule has 126 valence electrons. The molecule has 2 rings (SSSR count). The number of carbonyl (C=O) groups is 3. The number of nitrogens with one attached hydrogen (secondary N) is 1. The number of rotatable bonds is 7. The molecule has 24 heavy (non-hydrogen) atoms. The zero-order valence-electron chi connectivity index (χ0n) is 13.1. The van der Waals surface area contributed by atoms with Gasteiger partial charge in [-0.2, -0.15) is 0 Å². The highest BCUT2D eigenvalue weighted by Crippen LogP contribution is 2.21. The number of amides is 2. The van der Waals surface area contributed by atoms with Crippen molar-refractivity contribution < 1.29 is 19.5 Å². The summed E-state index contributed by atoms with van der Waals surface area (Å²) in [5.41, 5.74) is 1.26. The van der Waals surface area contributed by atoms with Crippen molar-refractivity contribution in [3.8, 4) is 0 Å². The Morgan fingerprint density at radius 2 is 1.92 bits per heavy atom. The summed E-state index contributed by atoms with van der Waals surface area (Å²) in [6.07, 6.45) is -0.210. The van der Waals surface area contributed by atoms with Gasteiger partial charge in [0.15, 0.2) is 5.13 Å². The van der Waals surface area contributed by atoms with Crippen LogP contribution in [0.15, 0.2) is 35.7 Å². The molecule has 0 aliphatic carbocycles. The Balaban J connectivity index is 1.91. The molecule has 0 atom stereocenters. The van der Waals surface area contributed by atoms with E-state index in [1.54, 1.807) is 17.5 Å². The Bertz CT molecular complexity index is 730. The number of thiazole rings is 1. The molecular formula is C16H17N3O4S. The topological polar surface area (TPSA) is 99.6 Å². The van der Waals surface area contributed by atoms with Crippen LogP contribution in [0.1, 0.15) is 18.5 Å². The molecule has 0 spiro atoms. The van der Waals surface area contributed by atoms with E-state index in [-0.39, 0.29) is 31.1 Å². The van der Waals surface area contributed by atoms with Crippen molar-refractivity contribution in [1.29, 1.82) is 0 Å². The number of hydrogen-bond acceptors (Lipinski definition) is 5. The van der Waals surface area contributed by atoms with Gasteiger partial charge >= 0.3 is 5.97 Å². The fourth-order valence-electron chi connectivity index (χ4n) is 1.91. The van der Waals surface area contributed by atoms with E-state index in [4.69, 9.17) is 5.11 Å². The first-order valence-corrected chi connectivity index (χ1v) is 8.11. The average Bonchev–Trinajstić information content (AvgIpc) is 3.01. The zero-order valence-corrected chi connectivity index (χ0v) is 13.9. The predicted octanol–water partition coefficient (Wildman–Crippen LogP) is 2.15. The summed E-state index contributed by atoms with van der Waals surface area (Å²) in [5.74, 6) is -1.54. The summed E-state index contributed by atoms with van der Waals surface area (Å²) in [4.78, 5) is 39.9. The van der Waals surface area contributed by atoms with Crippen LogP contribution in [-0.2, 0) is 20.8 Å². The number of carbonyl (C=O) groups excluding carboxylic acids is 2. The lowest BCUT2D eigenvalue weighted by molar-refractivity contribution is -0.138. The third-order valence-corrected chi connectivity index (χ3v) is 4.12. The number of anilines is 2. The van der Waals surface area contributed by atoms with Gasteiger partial charge in [0.05, 0.1) is 18.5 Å². The van der Waals surface area contributed by atoms with Gasteiger partial charge in [-0.05, 0) is 12.1 Å². The summed E-state index contributed by atoms with van der Waals surface area (Å²) < 4.78 is 0. The maximum Gasteiger partial charge on any atom is 0.303 e. The number of carboxylic acid groups (broad SMARTS) is 1. The monoisotopic (exact) mass is 347 g/mol. The van der Waals surface area contributed by atoms with E-state index in [9.17, 15) is 14.4 Å². The molecule has 2 amide bonds. The molecule has 0 saturated heterocycles. The van der Waals surface area contributed by atoms with E-state index < -0.39 is 5.97 Å². The molecule has 2 N–H and O–H groups in total. The van der Waals surface area contributed by atoms with Crippen LogP contribution in [0.5, 0.6) is 0 Å². The van der Waals surface area contributed by atoms with E-state index in [1.165, 1.54) is 23.3 Å². The molecule has 7 nitrogen and oxygen atoms in total. The van der Waals surface area contributed by atoms with Gasteiger partial charge in [0, 0.05) is 24.5 Å². The van der Waals surface area contributed by atoms with Gasteiger partial charge in [0.2, 0.25) is 11.8 Å². The molecular weight excluding hydrogens is 330 g/mol. The number of aliphatic carboxylic acids is 1. The molecule has 0 saturated carbocycles. The fourth-order valence-corrected chi connectivity index (χ4v) is 2.72. The lowest BCUT2D eigenvalue weighted by Gasteiger charge is -2.12. The smallest absolute Gasteiger partial charge is 0.303 e. The summed E-state index contributed by atoms with van der Waals surface area (Å²) in [6.45, 7) is 0. The Hall–Kier alpha value is -2.74. The number of carboxylic acids is 1. The minimum Gasteiger partial charge on any atom is -0.481 e. The van der Waals surface area contributed by atoms with Crippen molar-refractivity contribution in [3.05, 3.63) is 41.4 Å². The Labute approximate surface area is 142 Å². The summed E-state index contributed by atoms with van der Waals surface area (Å²) in [6, 6.07) is 9.10. The summed E-state index contributed by atoms with van der Waals surface area (Å²) >= 11 is 1.24. The van der Waals surface area contributed by atoms with Gasteiger partial charge in [-0.25, -0.2) is 4.98 Å². The van der Waals surface area contributed by atoms with E-state index in [1.807, 2.05) is 18.2 Å². The van der Waals surface area contributed by atoms with Crippen LogP contribution in [0.4, 0.5) is 10.8 Å².